The molecule has 5 heteroatoms. The lowest BCUT2D eigenvalue weighted by Crippen LogP contribution is -2.27. The van der Waals surface area contributed by atoms with Crippen LogP contribution in [-0.2, 0) is 4.74 Å². The van der Waals surface area contributed by atoms with Crippen LogP contribution in [0.25, 0.3) is 0 Å². The van der Waals surface area contributed by atoms with Gasteiger partial charge in [0.1, 0.15) is 0 Å². The van der Waals surface area contributed by atoms with Crippen molar-refractivity contribution < 1.29 is 4.74 Å². The predicted octanol–water partition coefficient (Wildman–Crippen LogP) is 4.48. The standard InChI is InChI=1S/C15H15Cl2NOS/c1-18-7-14-10-4-5-20-15(10)11(8-19-14)9-2-3-12(16)13(17)6-9/h2-6,11,14,18H,7-8H2,1H3/t11-,14+/m1/s1. The number of nitrogens with one attached hydrogen (secondary N) is 1. The highest BCUT2D eigenvalue weighted by Gasteiger charge is 2.30. The molecule has 0 amide bonds. The fourth-order valence-corrected chi connectivity index (χ4v) is 3.96. The molecule has 2 atom stereocenters. The van der Waals surface area contributed by atoms with Crippen molar-refractivity contribution in [3.8, 4) is 0 Å². The molecule has 0 spiro atoms. The van der Waals surface area contributed by atoms with Crippen LogP contribution >= 0.6 is 34.5 Å². The summed E-state index contributed by atoms with van der Waals surface area (Å²) in [6.07, 6.45) is 0.139. The predicted molar refractivity (Wildman–Crippen MR) is 85.2 cm³/mol. The fraction of sp³-hybridized carbons (Fsp3) is 0.333. The van der Waals surface area contributed by atoms with Gasteiger partial charge >= 0.3 is 0 Å². The molecule has 0 aliphatic carbocycles. The first kappa shape index (κ1) is 14.4. The van der Waals surface area contributed by atoms with E-state index in [2.05, 4.69) is 16.8 Å². The van der Waals surface area contributed by atoms with Gasteiger partial charge in [-0.05, 0) is 41.8 Å². The molecule has 2 nitrogen and oxygen atoms in total. The lowest BCUT2D eigenvalue weighted by atomic mass is 9.92. The third-order valence-corrected chi connectivity index (χ3v) is 5.38. The Balaban J connectivity index is 1.96. The molecule has 3 rings (SSSR count). The summed E-state index contributed by atoms with van der Waals surface area (Å²) in [6, 6.07) is 7.99. The summed E-state index contributed by atoms with van der Waals surface area (Å²) in [4.78, 5) is 1.37. The summed E-state index contributed by atoms with van der Waals surface area (Å²) in [5.74, 6) is 0.243. The summed E-state index contributed by atoms with van der Waals surface area (Å²) in [7, 11) is 1.94. The molecule has 0 fully saturated rings. The molecule has 1 N–H and O–H groups in total. The van der Waals surface area contributed by atoms with Crippen molar-refractivity contribution in [2.45, 2.75) is 12.0 Å². The molecular formula is C15H15Cl2NOS. The van der Waals surface area contributed by atoms with E-state index in [1.165, 1.54) is 10.4 Å². The summed E-state index contributed by atoms with van der Waals surface area (Å²) in [5.41, 5.74) is 2.44. The van der Waals surface area contributed by atoms with Gasteiger partial charge in [0.2, 0.25) is 0 Å². The molecule has 2 heterocycles. The van der Waals surface area contributed by atoms with Crippen molar-refractivity contribution in [2.24, 2.45) is 0 Å². The van der Waals surface area contributed by atoms with Crippen LogP contribution in [0.1, 0.15) is 28.0 Å². The highest BCUT2D eigenvalue weighted by atomic mass is 35.5. The molecule has 2 aromatic rings. The van der Waals surface area contributed by atoms with E-state index < -0.39 is 0 Å². The molecule has 1 aliphatic heterocycles. The van der Waals surface area contributed by atoms with Gasteiger partial charge in [-0.2, -0.15) is 0 Å². The molecule has 1 aliphatic rings. The number of benzene rings is 1. The van der Waals surface area contributed by atoms with Gasteiger partial charge in [-0.3, -0.25) is 0 Å². The molecule has 0 saturated carbocycles. The van der Waals surface area contributed by atoms with E-state index in [-0.39, 0.29) is 12.0 Å². The lowest BCUT2D eigenvalue weighted by Gasteiger charge is -2.29. The van der Waals surface area contributed by atoms with Gasteiger partial charge in [0.05, 0.1) is 22.8 Å². The van der Waals surface area contributed by atoms with E-state index in [0.29, 0.717) is 16.7 Å². The Hall–Kier alpha value is -0.580. The van der Waals surface area contributed by atoms with Gasteiger partial charge in [-0.1, -0.05) is 29.3 Å². The second-order valence-corrected chi connectivity index (χ2v) is 6.61. The van der Waals surface area contributed by atoms with Crippen molar-refractivity contribution >= 4 is 34.5 Å². The van der Waals surface area contributed by atoms with Crippen LogP contribution in [-0.4, -0.2) is 20.2 Å². The third kappa shape index (κ3) is 2.61. The van der Waals surface area contributed by atoms with Crippen LogP contribution in [0.4, 0.5) is 0 Å². The minimum absolute atomic E-state index is 0.139. The van der Waals surface area contributed by atoms with E-state index in [1.54, 1.807) is 11.3 Å². The molecule has 20 heavy (non-hydrogen) atoms. The highest BCUT2D eigenvalue weighted by Crippen LogP contribution is 2.41. The van der Waals surface area contributed by atoms with Crippen molar-refractivity contribution in [3.63, 3.8) is 0 Å². The van der Waals surface area contributed by atoms with Gasteiger partial charge < -0.3 is 10.1 Å². The van der Waals surface area contributed by atoms with Crippen molar-refractivity contribution in [1.82, 2.24) is 5.32 Å². The summed E-state index contributed by atoms with van der Waals surface area (Å²) in [6.45, 7) is 1.51. The number of hydrogen-bond donors (Lipinski definition) is 1. The second kappa shape index (κ2) is 6.04. The van der Waals surface area contributed by atoms with E-state index >= 15 is 0 Å². The van der Waals surface area contributed by atoms with Gasteiger partial charge in [0, 0.05) is 17.3 Å². The smallest absolute Gasteiger partial charge is 0.0960 e. The van der Waals surface area contributed by atoms with Crippen molar-refractivity contribution in [2.75, 3.05) is 20.2 Å². The van der Waals surface area contributed by atoms with Gasteiger partial charge in [0.25, 0.3) is 0 Å². The summed E-state index contributed by atoms with van der Waals surface area (Å²) >= 11 is 13.9. The Bertz CT molecular complexity index is 614. The van der Waals surface area contributed by atoms with E-state index in [9.17, 15) is 0 Å². The maximum atomic E-state index is 6.13. The average molecular weight is 328 g/mol. The molecule has 0 unspecified atom stereocenters. The van der Waals surface area contributed by atoms with Gasteiger partial charge in [0.15, 0.2) is 0 Å². The maximum absolute atomic E-state index is 6.13. The van der Waals surface area contributed by atoms with E-state index in [4.69, 9.17) is 27.9 Å². The zero-order valence-electron chi connectivity index (χ0n) is 11.0. The molecule has 0 saturated heterocycles. The maximum Gasteiger partial charge on any atom is 0.0960 e. The average Bonchev–Trinajstić information content (AvgIpc) is 2.92. The monoisotopic (exact) mass is 327 g/mol. The first-order valence-electron chi connectivity index (χ1n) is 6.49. The van der Waals surface area contributed by atoms with Crippen LogP contribution in [0.5, 0.6) is 0 Å². The molecule has 0 bridgehead atoms. The van der Waals surface area contributed by atoms with Crippen LogP contribution in [0.3, 0.4) is 0 Å². The quantitative estimate of drug-likeness (QED) is 0.897. The van der Waals surface area contributed by atoms with Crippen molar-refractivity contribution in [1.29, 1.82) is 0 Å². The van der Waals surface area contributed by atoms with Crippen LogP contribution in [0.2, 0.25) is 10.0 Å². The minimum atomic E-state index is 0.139. The largest absolute Gasteiger partial charge is 0.371 e. The highest BCUT2D eigenvalue weighted by molar-refractivity contribution is 7.10. The first-order valence-corrected chi connectivity index (χ1v) is 8.12. The van der Waals surface area contributed by atoms with Crippen LogP contribution in [0, 0.1) is 0 Å². The summed E-state index contributed by atoms with van der Waals surface area (Å²) in [5, 5.41) is 6.50. The molecule has 106 valence electrons. The summed E-state index contributed by atoms with van der Waals surface area (Å²) < 4.78 is 6.01. The van der Waals surface area contributed by atoms with Gasteiger partial charge in [-0.15, -0.1) is 11.3 Å². The third-order valence-electron chi connectivity index (χ3n) is 3.59. The fourth-order valence-electron chi connectivity index (χ4n) is 2.59. The van der Waals surface area contributed by atoms with E-state index in [0.717, 1.165) is 12.1 Å². The Morgan fingerprint density at radius 1 is 1.30 bits per heavy atom. The number of ether oxygens (including phenoxy) is 1. The Morgan fingerprint density at radius 3 is 2.90 bits per heavy atom. The van der Waals surface area contributed by atoms with Crippen molar-refractivity contribution in [3.05, 3.63) is 55.7 Å². The zero-order valence-corrected chi connectivity index (χ0v) is 13.4. The Kier molecular flexibility index (Phi) is 4.34. The number of halogens is 2. The normalized spacial score (nSPS) is 21.8. The Morgan fingerprint density at radius 2 is 2.15 bits per heavy atom. The van der Waals surface area contributed by atoms with Gasteiger partial charge in [-0.25, -0.2) is 0 Å². The molecule has 1 aromatic carbocycles. The number of rotatable bonds is 3. The topological polar surface area (TPSA) is 21.3 Å². The number of hydrogen-bond acceptors (Lipinski definition) is 3. The molecular weight excluding hydrogens is 313 g/mol. The number of likely N-dealkylation sites (N-methyl/N-ethyl adjacent to an activating group) is 1. The number of fused-ring (bicyclic) bond motifs is 1. The minimum Gasteiger partial charge on any atom is -0.371 e. The van der Waals surface area contributed by atoms with Crippen LogP contribution in [0.15, 0.2) is 29.6 Å². The zero-order chi connectivity index (χ0) is 14.1. The first-order chi connectivity index (χ1) is 9.70. The Labute approximate surface area is 132 Å². The number of thiophene rings is 1. The molecule has 1 aromatic heterocycles. The molecule has 0 radical (unpaired) electrons. The lowest BCUT2D eigenvalue weighted by molar-refractivity contribution is 0.0367. The SMILES string of the molecule is CNC[C@@H]1OC[C@H](c2ccc(Cl)c(Cl)c2)c2sccc21. The van der Waals surface area contributed by atoms with E-state index in [1.807, 2.05) is 25.2 Å². The van der Waals surface area contributed by atoms with Crippen LogP contribution < -0.4 is 5.32 Å². The second-order valence-electron chi connectivity index (χ2n) is 4.85.